The molecule has 0 bridgehead atoms. The largest absolute Gasteiger partial charge is 0.440 e. The maximum absolute atomic E-state index is 6.21. The molecule has 19 heavy (non-hydrogen) atoms. The molecule has 0 aliphatic carbocycles. The minimum atomic E-state index is -0.0264. The summed E-state index contributed by atoms with van der Waals surface area (Å²) in [6, 6.07) is 14.6. The second-order valence-corrected chi connectivity index (χ2v) is 5.29. The van der Waals surface area contributed by atoms with E-state index in [1.807, 2.05) is 12.1 Å². The summed E-state index contributed by atoms with van der Waals surface area (Å²) in [4.78, 5) is 4.07. The Kier molecular flexibility index (Phi) is 3.53. The van der Waals surface area contributed by atoms with Crippen LogP contribution in [-0.4, -0.2) is 10.7 Å². The number of thioether (sulfide) groups is 1. The summed E-state index contributed by atoms with van der Waals surface area (Å²) < 4.78 is 5.19. The highest BCUT2D eigenvalue weighted by molar-refractivity contribution is 7.99. The van der Waals surface area contributed by atoms with E-state index in [-0.39, 0.29) is 6.04 Å². The quantitative estimate of drug-likeness (QED) is 0.736. The molecule has 1 atom stereocenters. The van der Waals surface area contributed by atoms with Crippen molar-refractivity contribution in [1.82, 2.24) is 4.98 Å². The van der Waals surface area contributed by atoms with Crippen molar-refractivity contribution >= 4 is 22.5 Å². The van der Waals surface area contributed by atoms with Gasteiger partial charge in [0.25, 0.3) is 5.22 Å². The summed E-state index contributed by atoms with van der Waals surface area (Å²) in [6.45, 7) is 0. The van der Waals surface area contributed by atoms with Crippen LogP contribution in [0.5, 0.6) is 0 Å². The van der Waals surface area contributed by atoms with Gasteiger partial charge in [0, 0.05) is 11.8 Å². The average Bonchev–Trinajstić information content (AvgIpc) is 2.97. The van der Waals surface area contributed by atoms with Gasteiger partial charge in [0.2, 0.25) is 0 Å². The molecule has 1 unspecified atom stereocenters. The third-order valence-electron chi connectivity index (χ3n) is 3.00. The highest BCUT2D eigenvalue weighted by Crippen LogP contribution is 2.24. The van der Waals surface area contributed by atoms with Crippen molar-refractivity contribution in [2.75, 3.05) is 5.75 Å². The molecule has 0 spiro atoms. The van der Waals surface area contributed by atoms with Crippen LogP contribution in [0, 0.1) is 0 Å². The molecule has 0 saturated carbocycles. The zero-order valence-corrected chi connectivity index (χ0v) is 11.1. The molecule has 4 heteroatoms. The first kappa shape index (κ1) is 12.3. The number of benzene rings is 2. The number of oxazole rings is 1. The summed E-state index contributed by atoms with van der Waals surface area (Å²) in [5.41, 5.74) is 7.35. The predicted molar refractivity (Wildman–Crippen MR) is 78.1 cm³/mol. The van der Waals surface area contributed by atoms with E-state index in [2.05, 4.69) is 35.3 Å². The van der Waals surface area contributed by atoms with Crippen LogP contribution in [0.15, 0.2) is 64.6 Å². The van der Waals surface area contributed by atoms with Crippen LogP contribution >= 0.6 is 11.8 Å². The number of fused-ring (bicyclic) bond motifs is 1. The topological polar surface area (TPSA) is 52.0 Å². The summed E-state index contributed by atoms with van der Waals surface area (Å²) in [5, 5.41) is 3.12. The molecule has 0 amide bonds. The summed E-state index contributed by atoms with van der Waals surface area (Å²) in [5.74, 6) is 0.749. The Bertz CT molecular complexity index is 667. The van der Waals surface area contributed by atoms with Gasteiger partial charge in [-0.2, -0.15) is 0 Å². The van der Waals surface area contributed by atoms with Gasteiger partial charge >= 0.3 is 0 Å². The van der Waals surface area contributed by atoms with Crippen molar-refractivity contribution < 1.29 is 4.42 Å². The molecular weight excluding hydrogens is 256 g/mol. The molecule has 0 aliphatic rings. The minimum Gasteiger partial charge on any atom is -0.440 e. The Morgan fingerprint density at radius 2 is 2.00 bits per heavy atom. The van der Waals surface area contributed by atoms with Gasteiger partial charge in [-0.15, -0.1) is 0 Å². The second-order valence-electron chi connectivity index (χ2n) is 4.32. The van der Waals surface area contributed by atoms with Gasteiger partial charge in [-0.1, -0.05) is 48.2 Å². The second kappa shape index (κ2) is 5.47. The Morgan fingerprint density at radius 1 is 1.16 bits per heavy atom. The van der Waals surface area contributed by atoms with Gasteiger partial charge < -0.3 is 10.2 Å². The van der Waals surface area contributed by atoms with E-state index in [9.17, 15) is 0 Å². The highest BCUT2D eigenvalue weighted by Gasteiger charge is 2.09. The molecule has 3 rings (SSSR count). The van der Waals surface area contributed by atoms with E-state index in [0.717, 1.165) is 11.3 Å². The molecule has 3 nitrogen and oxygen atoms in total. The van der Waals surface area contributed by atoms with Crippen molar-refractivity contribution in [3.8, 4) is 0 Å². The molecule has 2 N–H and O–H groups in total. The zero-order valence-electron chi connectivity index (χ0n) is 10.3. The summed E-state index contributed by atoms with van der Waals surface area (Å²) >= 11 is 1.53. The van der Waals surface area contributed by atoms with E-state index >= 15 is 0 Å². The van der Waals surface area contributed by atoms with Gasteiger partial charge in [0.15, 0.2) is 0 Å². The normalized spacial score (nSPS) is 12.7. The van der Waals surface area contributed by atoms with Gasteiger partial charge in [0.1, 0.15) is 6.26 Å². The lowest BCUT2D eigenvalue weighted by atomic mass is 10.0. The lowest BCUT2D eigenvalue weighted by Crippen LogP contribution is -2.12. The lowest BCUT2D eigenvalue weighted by Gasteiger charge is -2.11. The van der Waals surface area contributed by atoms with Crippen LogP contribution in [0.1, 0.15) is 11.6 Å². The Hall–Kier alpha value is -1.78. The molecule has 0 saturated heterocycles. The Balaban J connectivity index is 1.75. The van der Waals surface area contributed by atoms with Gasteiger partial charge in [-0.25, -0.2) is 4.98 Å². The van der Waals surface area contributed by atoms with Crippen LogP contribution in [0.2, 0.25) is 0 Å². The third kappa shape index (κ3) is 2.80. The Labute approximate surface area is 115 Å². The van der Waals surface area contributed by atoms with Crippen LogP contribution < -0.4 is 5.73 Å². The molecular formula is C15H14N2OS. The number of nitrogens with zero attached hydrogens (tertiary/aromatic N) is 1. The summed E-state index contributed by atoms with van der Waals surface area (Å²) in [7, 11) is 0. The predicted octanol–water partition coefficient (Wildman–Crippen LogP) is 3.62. The molecule has 1 heterocycles. The van der Waals surface area contributed by atoms with Crippen molar-refractivity contribution in [1.29, 1.82) is 0 Å². The van der Waals surface area contributed by atoms with E-state index in [1.165, 1.54) is 22.5 Å². The third-order valence-corrected chi connectivity index (χ3v) is 3.97. The van der Waals surface area contributed by atoms with E-state index < -0.39 is 0 Å². The maximum atomic E-state index is 6.21. The minimum absolute atomic E-state index is 0.0264. The smallest absolute Gasteiger partial charge is 0.255 e. The number of nitrogens with two attached hydrogens (primary N) is 1. The number of rotatable bonds is 4. The van der Waals surface area contributed by atoms with E-state index in [4.69, 9.17) is 10.2 Å². The molecule has 0 radical (unpaired) electrons. The van der Waals surface area contributed by atoms with E-state index in [0.29, 0.717) is 5.22 Å². The molecule has 0 fully saturated rings. The van der Waals surface area contributed by atoms with E-state index in [1.54, 1.807) is 12.5 Å². The number of hydrogen-bond acceptors (Lipinski definition) is 4. The molecule has 1 aromatic heterocycles. The molecule has 2 aromatic carbocycles. The fourth-order valence-corrected chi connectivity index (χ4v) is 2.75. The first-order valence-corrected chi connectivity index (χ1v) is 7.08. The average molecular weight is 270 g/mol. The SMILES string of the molecule is NC(CSc1ncco1)c1ccc2ccccc2c1. The van der Waals surface area contributed by atoms with Crippen molar-refractivity contribution in [2.24, 2.45) is 5.73 Å². The highest BCUT2D eigenvalue weighted by atomic mass is 32.2. The number of hydrogen-bond donors (Lipinski definition) is 1. The van der Waals surface area contributed by atoms with Gasteiger partial charge in [-0.3, -0.25) is 0 Å². The fraction of sp³-hybridized carbons (Fsp3) is 0.133. The maximum Gasteiger partial charge on any atom is 0.255 e. The van der Waals surface area contributed by atoms with Gasteiger partial charge in [-0.05, 0) is 22.4 Å². The molecule has 3 aromatic rings. The van der Waals surface area contributed by atoms with Gasteiger partial charge in [0.05, 0.1) is 6.20 Å². The lowest BCUT2D eigenvalue weighted by molar-refractivity contribution is 0.454. The number of aromatic nitrogens is 1. The summed E-state index contributed by atoms with van der Waals surface area (Å²) in [6.07, 6.45) is 3.22. The van der Waals surface area contributed by atoms with Crippen molar-refractivity contribution in [3.63, 3.8) is 0 Å². The first-order chi connectivity index (χ1) is 9.33. The van der Waals surface area contributed by atoms with Crippen LogP contribution in [0.3, 0.4) is 0 Å². The first-order valence-electron chi connectivity index (χ1n) is 6.09. The molecule has 96 valence electrons. The Morgan fingerprint density at radius 3 is 2.79 bits per heavy atom. The standard InChI is InChI=1S/C15H14N2OS/c16-14(10-19-15-17-7-8-18-15)13-6-5-11-3-1-2-4-12(11)9-13/h1-9,14H,10,16H2. The van der Waals surface area contributed by atoms with Crippen LogP contribution in [0.25, 0.3) is 10.8 Å². The van der Waals surface area contributed by atoms with Crippen LogP contribution in [-0.2, 0) is 0 Å². The van der Waals surface area contributed by atoms with Crippen LogP contribution in [0.4, 0.5) is 0 Å². The van der Waals surface area contributed by atoms with Crippen molar-refractivity contribution in [2.45, 2.75) is 11.3 Å². The fourth-order valence-electron chi connectivity index (χ4n) is 1.98. The van der Waals surface area contributed by atoms with Crippen molar-refractivity contribution in [3.05, 3.63) is 60.5 Å². The zero-order chi connectivity index (χ0) is 13.1. The monoisotopic (exact) mass is 270 g/mol. The molecule has 0 aliphatic heterocycles.